The molecule has 43 heavy (non-hydrogen) atoms. The predicted octanol–water partition coefficient (Wildman–Crippen LogP) is 4.95. The van der Waals surface area contributed by atoms with Crippen molar-refractivity contribution >= 4 is 57.4 Å². The van der Waals surface area contributed by atoms with E-state index in [1.807, 2.05) is 36.4 Å². The molecule has 0 radical (unpaired) electrons. The third-order valence-corrected chi connectivity index (χ3v) is 7.43. The van der Waals surface area contributed by atoms with Crippen molar-refractivity contribution in [2.24, 2.45) is 0 Å². The van der Waals surface area contributed by atoms with Crippen molar-refractivity contribution < 1.29 is 23.9 Å². The average molecular weight is 601 g/mol. The Labute approximate surface area is 255 Å². The SMILES string of the molecule is COC(=O)[C@@H](C)N(C(=O)[C@@H](Cc1ccc(Cl)cc1)NC(=O)[C@@H](C)N(C(C)=O)c1ccc2ccccc2c1)c1cccnc1. The number of methoxy groups -OCH3 is 1. The molecule has 222 valence electrons. The second kappa shape index (κ2) is 13.9. The van der Waals surface area contributed by atoms with Gasteiger partial charge in [0.2, 0.25) is 11.8 Å². The number of fused-ring (bicyclic) bond motifs is 1. The molecule has 9 nitrogen and oxygen atoms in total. The highest BCUT2D eigenvalue weighted by Crippen LogP contribution is 2.25. The van der Waals surface area contributed by atoms with Gasteiger partial charge in [0.05, 0.1) is 19.0 Å². The Morgan fingerprint density at radius 1 is 0.860 bits per heavy atom. The third-order valence-electron chi connectivity index (χ3n) is 7.18. The van der Waals surface area contributed by atoms with E-state index in [4.69, 9.17) is 16.3 Å². The van der Waals surface area contributed by atoms with Crippen LogP contribution in [0.1, 0.15) is 26.3 Å². The lowest BCUT2D eigenvalue weighted by Gasteiger charge is -2.33. The van der Waals surface area contributed by atoms with E-state index < -0.39 is 35.9 Å². The first-order valence-corrected chi connectivity index (χ1v) is 14.1. The van der Waals surface area contributed by atoms with E-state index in [-0.39, 0.29) is 12.3 Å². The van der Waals surface area contributed by atoms with Gasteiger partial charge in [0.1, 0.15) is 18.1 Å². The molecule has 10 heteroatoms. The number of hydrogen-bond donors (Lipinski definition) is 1. The van der Waals surface area contributed by atoms with Crippen LogP contribution < -0.4 is 15.1 Å². The minimum atomic E-state index is -1.12. The van der Waals surface area contributed by atoms with Gasteiger partial charge in [-0.2, -0.15) is 0 Å². The van der Waals surface area contributed by atoms with Gasteiger partial charge in [0.25, 0.3) is 5.91 Å². The smallest absolute Gasteiger partial charge is 0.328 e. The maximum atomic E-state index is 14.2. The standard InChI is InChI=1S/C33H33ClN4O5/c1-21(37(23(3)39)28-16-13-25-8-5-6-9-26(25)19-28)31(40)36-30(18-24-11-14-27(34)15-12-24)32(41)38(22(2)33(42)43-4)29-10-7-17-35-20-29/h5-17,19-22,30H,18H2,1-4H3,(H,36,40)/t21-,22-,30-/m1/s1. The number of hydrogen-bond acceptors (Lipinski definition) is 6. The second-order valence-corrected chi connectivity index (χ2v) is 10.5. The van der Waals surface area contributed by atoms with Gasteiger partial charge in [0.15, 0.2) is 0 Å². The van der Waals surface area contributed by atoms with E-state index in [0.717, 1.165) is 16.3 Å². The highest BCUT2D eigenvalue weighted by Gasteiger charge is 2.36. The zero-order valence-electron chi connectivity index (χ0n) is 24.4. The van der Waals surface area contributed by atoms with E-state index in [9.17, 15) is 19.2 Å². The molecule has 1 heterocycles. The van der Waals surface area contributed by atoms with Crippen LogP contribution in [0.3, 0.4) is 0 Å². The molecule has 0 unspecified atom stereocenters. The van der Waals surface area contributed by atoms with Crippen molar-refractivity contribution in [2.75, 3.05) is 16.9 Å². The van der Waals surface area contributed by atoms with Gasteiger partial charge in [-0.15, -0.1) is 0 Å². The summed E-state index contributed by atoms with van der Waals surface area (Å²) in [7, 11) is 1.24. The first kappa shape index (κ1) is 31.2. The summed E-state index contributed by atoms with van der Waals surface area (Å²) in [6.07, 6.45) is 3.10. The molecule has 0 bridgehead atoms. The minimum absolute atomic E-state index is 0.0924. The van der Waals surface area contributed by atoms with Crippen LogP contribution in [-0.2, 0) is 30.3 Å². The molecule has 1 aromatic heterocycles. The summed E-state index contributed by atoms with van der Waals surface area (Å²) in [6.45, 7) is 4.53. The molecule has 0 saturated heterocycles. The number of carbonyl (C=O) groups excluding carboxylic acids is 4. The lowest BCUT2D eigenvalue weighted by Crippen LogP contribution is -2.57. The molecule has 0 fully saturated rings. The Hall–Kier alpha value is -4.76. The highest BCUT2D eigenvalue weighted by molar-refractivity contribution is 6.30. The van der Waals surface area contributed by atoms with Crippen LogP contribution in [0.2, 0.25) is 5.02 Å². The molecule has 0 aliphatic rings. The number of esters is 1. The van der Waals surface area contributed by atoms with E-state index in [1.54, 1.807) is 55.6 Å². The van der Waals surface area contributed by atoms with Crippen molar-refractivity contribution in [2.45, 2.75) is 45.3 Å². The van der Waals surface area contributed by atoms with E-state index in [1.165, 1.54) is 37.0 Å². The summed E-state index contributed by atoms with van der Waals surface area (Å²) < 4.78 is 4.93. The summed E-state index contributed by atoms with van der Waals surface area (Å²) in [6, 6.07) is 20.3. The first-order chi connectivity index (χ1) is 20.6. The van der Waals surface area contributed by atoms with Crippen molar-refractivity contribution in [3.8, 4) is 0 Å². The lowest BCUT2D eigenvalue weighted by atomic mass is 10.0. The molecule has 4 aromatic rings. The van der Waals surface area contributed by atoms with Crippen LogP contribution in [-0.4, -0.2) is 53.9 Å². The maximum absolute atomic E-state index is 14.2. The van der Waals surface area contributed by atoms with E-state index in [2.05, 4.69) is 10.3 Å². The number of halogens is 1. The fraction of sp³-hybridized carbons (Fsp3) is 0.242. The Morgan fingerprint density at radius 3 is 2.19 bits per heavy atom. The molecule has 0 saturated carbocycles. The largest absolute Gasteiger partial charge is 0.467 e. The zero-order chi connectivity index (χ0) is 31.1. The van der Waals surface area contributed by atoms with Crippen LogP contribution in [0.15, 0.2) is 91.3 Å². The van der Waals surface area contributed by atoms with Crippen molar-refractivity contribution in [3.05, 3.63) is 102 Å². The van der Waals surface area contributed by atoms with Gasteiger partial charge in [-0.1, -0.05) is 54.1 Å². The van der Waals surface area contributed by atoms with Gasteiger partial charge in [-0.3, -0.25) is 24.3 Å². The fourth-order valence-electron chi connectivity index (χ4n) is 4.95. The summed E-state index contributed by atoms with van der Waals surface area (Å²) in [5.74, 6) is -2.08. The fourth-order valence-corrected chi connectivity index (χ4v) is 5.08. The summed E-state index contributed by atoms with van der Waals surface area (Å²) in [5, 5.41) is 5.29. The topological polar surface area (TPSA) is 109 Å². The summed E-state index contributed by atoms with van der Waals surface area (Å²) in [5.41, 5.74) is 1.63. The third kappa shape index (κ3) is 7.37. The monoisotopic (exact) mass is 600 g/mol. The van der Waals surface area contributed by atoms with Crippen molar-refractivity contribution in [1.29, 1.82) is 0 Å². The van der Waals surface area contributed by atoms with Crippen LogP contribution in [0.4, 0.5) is 11.4 Å². The molecule has 3 atom stereocenters. The first-order valence-electron chi connectivity index (χ1n) is 13.7. The molecule has 3 aromatic carbocycles. The quantitative estimate of drug-likeness (QED) is 0.258. The van der Waals surface area contributed by atoms with Crippen LogP contribution in [0.5, 0.6) is 0 Å². The van der Waals surface area contributed by atoms with Gasteiger partial charge < -0.3 is 15.0 Å². The Bertz CT molecular complexity index is 1610. The highest BCUT2D eigenvalue weighted by atomic mass is 35.5. The Morgan fingerprint density at radius 2 is 1.56 bits per heavy atom. The molecule has 1 N–H and O–H groups in total. The number of nitrogens with zero attached hydrogens (tertiary/aromatic N) is 3. The van der Waals surface area contributed by atoms with Gasteiger partial charge in [0, 0.05) is 30.3 Å². The van der Waals surface area contributed by atoms with Crippen LogP contribution in [0.25, 0.3) is 10.8 Å². The number of ether oxygens (including phenoxy) is 1. The average Bonchev–Trinajstić information content (AvgIpc) is 3.01. The van der Waals surface area contributed by atoms with Gasteiger partial charge in [-0.05, 0) is 66.6 Å². The lowest BCUT2D eigenvalue weighted by molar-refractivity contribution is -0.143. The minimum Gasteiger partial charge on any atom is -0.467 e. The zero-order valence-corrected chi connectivity index (χ0v) is 25.1. The molecular formula is C33H33ClN4O5. The van der Waals surface area contributed by atoms with Gasteiger partial charge in [-0.25, -0.2) is 4.79 Å². The molecule has 0 aliphatic carbocycles. The number of amides is 3. The molecule has 4 rings (SSSR count). The number of benzene rings is 3. The summed E-state index contributed by atoms with van der Waals surface area (Å²) >= 11 is 6.08. The molecule has 0 aliphatic heterocycles. The number of rotatable bonds is 10. The van der Waals surface area contributed by atoms with Crippen molar-refractivity contribution in [1.82, 2.24) is 10.3 Å². The number of anilines is 2. The van der Waals surface area contributed by atoms with E-state index in [0.29, 0.717) is 16.4 Å². The number of carbonyl (C=O) groups is 4. The molecule has 3 amide bonds. The Kier molecular flexibility index (Phi) is 10.1. The summed E-state index contributed by atoms with van der Waals surface area (Å²) in [4.78, 5) is 60.3. The predicted molar refractivity (Wildman–Crippen MR) is 167 cm³/mol. The maximum Gasteiger partial charge on any atom is 0.328 e. The van der Waals surface area contributed by atoms with Crippen LogP contribution >= 0.6 is 11.6 Å². The second-order valence-electron chi connectivity index (χ2n) is 10.1. The Balaban J connectivity index is 1.69. The van der Waals surface area contributed by atoms with E-state index >= 15 is 0 Å². The van der Waals surface area contributed by atoms with Crippen LogP contribution in [0, 0.1) is 0 Å². The normalized spacial score (nSPS) is 13.0. The van der Waals surface area contributed by atoms with Crippen molar-refractivity contribution in [3.63, 3.8) is 0 Å². The number of nitrogens with one attached hydrogen (secondary N) is 1. The molecule has 0 spiro atoms. The number of pyridine rings is 1. The van der Waals surface area contributed by atoms with Gasteiger partial charge >= 0.3 is 5.97 Å². The molecular weight excluding hydrogens is 568 g/mol. The number of aromatic nitrogens is 1.